The predicted molar refractivity (Wildman–Crippen MR) is 130 cm³/mol. The fourth-order valence-electron chi connectivity index (χ4n) is 7.06. The van der Waals surface area contributed by atoms with Gasteiger partial charge >= 0.3 is 0 Å². The molecule has 0 aliphatic heterocycles. The van der Waals surface area contributed by atoms with E-state index >= 15 is 0 Å². The summed E-state index contributed by atoms with van der Waals surface area (Å²) < 4.78 is 13.9. The Morgan fingerprint density at radius 1 is 1.21 bits per heavy atom. The molecule has 0 saturated heterocycles. The fraction of sp³-hybridized carbons (Fsp3) is 0.517. The lowest BCUT2D eigenvalue weighted by Crippen LogP contribution is -2.41. The largest absolute Gasteiger partial charge is 0.349 e. The van der Waals surface area contributed by atoms with E-state index in [-0.39, 0.29) is 23.2 Å². The number of allylic oxidation sites excluding steroid dienone is 2. The van der Waals surface area contributed by atoms with Gasteiger partial charge in [0.05, 0.1) is 6.20 Å². The number of aromatic nitrogens is 1. The van der Waals surface area contributed by atoms with E-state index in [0.29, 0.717) is 17.8 Å². The van der Waals surface area contributed by atoms with Crippen LogP contribution in [0.25, 0.3) is 5.57 Å². The zero-order valence-corrected chi connectivity index (χ0v) is 20.0. The van der Waals surface area contributed by atoms with Gasteiger partial charge in [-0.3, -0.25) is 9.78 Å². The molecule has 3 nitrogen and oxygen atoms in total. The Labute approximate surface area is 196 Å². The van der Waals surface area contributed by atoms with Gasteiger partial charge in [0.15, 0.2) is 0 Å². The molecule has 4 heteroatoms. The van der Waals surface area contributed by atoms with Gasteiger partial charge in [0, 0.05) is 17.8 Å². The molecule has 1 aromatic carbocycles. The second-order valence-electron chi connectivity index (χ2n) is 10.5. The average Bonchev–Trinajstić information content (AvgIpc) is 3.19. The molecule has 3 aliphatic carbocycles. The van der Waals surface area contributed by atoms with Crippen molar-refractivity contribution in [2.45, 2.75) is 77.7 Å². The highest BCUT2D eigenvalue weighted by Gasteiger charge is 2.52. The van der Waals surface area contributed by atoms with Gasteiger partial charge < -0.3 is 5.32 Å². The Balaban J connectivity index is 1.37. The highest BCUT2D eigenvalue weighted by atomic mass is 19.1. The van der Waals surface area contributed by atoms with E-state index in [1.165, 1.54) is 22.9 Å². The molecular formula is C29H35FN2O. The molecule has 2 aromatic rings. The number of amides is 1. The Kier molecular flexibility index (Phi) is 5.88. The number of carbonyl (C=O) groups is 1. The number of benzene rings is 1. The molecule has 1 N–H and O–H groups in total. The maximum Gasteiger partial charge on any atom is 0.251 e. The van der Waals surface area contributed by atoms with Crippen LogP contribution < -0.4 is 5.32 Å². The molecule has 0 bridgehead atoms. The maximum atomic E-state index is 13.9. The van der Waals surface area contributed by atoms with Gasteiger partial charge in [0.1, 0.15) is 5.82 Å². The van der Waals surface area contributed by atoms with E-state index in [4.69, 9.17) is 0 Å². The van der Waals surface area contributed by atoms with E-state index in [9.17, 15) is 9.18 Å². The Hall–Kier alpha value is -2.49. The molecule has 4 atom stereocenters. The number of nitrogens with one attached hydrogen (secondary N) is 1. The molecule has 0 spiro atoms. The van der Waals surface area contributed by atoms with Crippen LogP contribution >= 0.6 is 0 Å². The topological polar surface area (TPSA) is 42.0 Å². The van der Waals surface area contributed by atoms with Crippen molar-refractivity contribution in [1.29, 1.82) is 0 Å². The maximum absolute atomic E-state index is 13.9. The highest BCUT2D eigenvalue weighted by molar-refractivity contribution is 5.94. The van der Waals surface area contributed by atoms with Crippen LogP contribution in [0.15, 0.2) is 42.7 Å². The quantitative estimate of drug-likeness (QED) is 0.556. The zero-order valence-electron chi connectivity index (χ0n) is 20.0. The monoisotopic (exact) mass is 446 g/mol. The van der Waals surface area contributed by atoms with Gasteiger partial charge in [-0.25, -0.2) is 4.39 Å². The molecular weight excluding hydrogens is 411 g/mol. The number of aryl methyl sites for hydroxylation is 1. The van der Waals surface area contributed by atoms with Crippen molar-refractivity contribution in [3.8, 4) is 0 Å². The average molecular weight is 447 g/mol. The first kappa shape index (κ1) is 22.3. The summed E-state index contributed by atoms with van der Waals surface area (Å²) in [5.74, 6) is 1.57. The fourth-order valence-corrected chi connectivity index (χ4v) is 7.06. The van der Waals surface area contributed by atoms with Crippen LogP contribution in [-0.2, 0) is 6.42 Å². The van der Waals surface area contributed by atoms with Crippen LogP contribution in [0.4, 0.5) is 4.39 Å². The van der Waals surface area contributed by atoms with Crippen molar-refractivity contribution < 1.29 is 9.18 Å². The second kappa shape index (κ2) is 8.70. The van der Waals surface area contributed by atoms with Crippen LogP contribution in [0.5, 0.6) is 0 Å². The van der Waals surface area contributed by atoms with Gasteiger partial charge in [-0.1, -0.05) is 32.9 Å². The van der Waals surface area contributed by atoms with Crippen LogP contribution in [-0.4, -0.2) is 16.9 Å². The molecule has 5 rings (SSSR count). The van der Waals surface area contributed by atoms with Crippen molar-refractivity contribution in [2.24, 2.45) is 17.3 Å². The van der Waals surface area contributed by atoms with Crippen molar-refractivity contribution in [3.05, 3.63) is 70.8 Å². The summed E-state index contributed by atoms with van der Waals surface area (Å²) >= 11 is 0. The molecule has 1 saturated carbocycles. The molecule has 174 valence electrons. The Morgan fingerprint density at radius 2 is 2.03 bits per heavy atom. The van der Waals surface area contributed by atoms with Crippen LogP contribution in [0.1, 0.15) is 92.3 Å². The number of carbonyl (C=O) groups excluding carboxylic acids is 1. The van der Waals surface area contributed by atoms with E-state index in [1.54, 1.807) is 6.07 Å². The molecule has 1 fully saturated rings. The summed E-state index contributed by atoms with van der Waals surface area (Å²) in [6, 6.07) is 8.29. The van der Waals surface area contributed by atoms with Crippen LogP contribution in [0.2, 0.25) is 0 Å². The summed E-state index contributed by atoms with van der Waals surface area (Å²) in [6.07, 6.45) is 12.9. The summed E-state index contributed by atoms with van der Waals surface area (Å²) in [5.41, 5.74) is 5.93. The zero-order chi connectivity index (χ0) is 23.2. The lowest BCUT2D eigenvalue weighted by Gasteiger charge is -2.50. The molecule has 0 unspecified atom stereocenters. The smallest absolute Gasteiger partial charge is 0.251 e. The van der Waals surface area contributed by atoms with Gasteiger partial charge in [-0.05, 0) is 109 Å². The van der Waals surface area contributed by atoms with Crippen LogP contribution in [0.3, 0.4) is 0 Å². The van der Waals surface area contributed by atoms with E-state index in [0.717, 1.165) is 56.1 Å². The van der Waals surface area contributed by atoms with Crippen molar-refractivity contribution >= 4 is 11.5 Å². The molecule has 1 heterocycles. The Bertz CT molecular complexity index is 1090. The first-order valence-electron chi connectivity index (χ1n) is 12.7. The van der Waals surface area contributed by atoms with Crippen LogP contribution in [0, 0.1) is 23.1 Å². The van der Waals surface area contributed by atoms with Gasteiger partial charge in [0.25, 0.3) is 5.91 Å². The summed E-state index contributed by atoms with van der Waals surface area (Å²) in [4.78, 5) is 16.9. The van der Waals surface area contributed by atoms with Crippen molar-refractivity contribution in [1.82, 2.24) is 10.3 Å². The minimum Gasteiger partial charge on any atom is -0.349 e. The summed E-state index contributed by atoms with van der Waals surface area (Å²) in [5, 5.41) is 3.18. The number of fused-ring (bicyclic) bond motifs is 5. The number of rotatable bonds is 5. The van der Waals surface area contributed by atoms with Gasteiger partial charge in [0.2, 0.25) is 0 Å². The third-order valence-electron chi connectivity index (χ3n) is 8.91. The second-order valence-corrected chi connectivity index (χ2v) is 10.5. The lowest BCUT2D eigenvalue weighted by atomic mass is 9.54. The minimum atomic E-state index is -0.259. The first-order chi connectivity index (χ1) is 15.9. The molecule has 3 aliphatic rings. The first-order valence-corrected chi connectivity index (χ1v) is 12.7. The molecule has 33 heavy (non-hydrogen) atoms. The number of halogens is 1. The third-order valence-corrected chi connectivity index (χ3v) is 8.91. The van der Waals surface area contributed by atoms with E-state index < -0.39 is 0 Å². The molecule has 0 radical (unpaired) electrons. The number of hydrogen-bond donors (Lipinski definition) is 1. The third kappa shape index (κ3) is 3.82. The van der Waals surface area contributed by atoms with Crippen molar-refractivity contribution in [3.63, 3.8) is 0 Å². The predicted octanol–water partition coefficient (Wildman–Crippen LogP) is 6.69. The minimum absolute atomic E-state index is 0.0539. The standard InChI is InChI=1S/C29H35FN2O/c1-4-22(5-2)32-28(33)19-7-8-23-18(14-19)6-9-25-24(23)12-13-29(3)26(10-11-27(25)29)20-15-21(30)17-31-16-20/h7-8,10,14-17,22,24-25,27H,4-6,9,11-13H2,1-3H3,(H,32,33)/t24-,25-,27+,29-/m1/s1. The summed E-state index contributed by atoms with van der Waals surface area (Å²) in [7, 11) is 0. The van der Waals surface area contributed by atoms with Gasteiger partial charge in [-0.15, -0.1) is 0 Å². The number of hydrogen-bond acceptors (Lipinski definition) is 2. The summed E-state index contributed by atoms with van der Waals surface area (Å²) in [6.45, 7) is 6.62. The van der Waals surface area contributed by atoms with E-state index in [1.807, 2.05) is 12.3 Å². The lowest BCUT2D eigenvalue weighted by molar-refractivity contribution is 0.0883. The van der Waals surface area contributed by atoms with E-state index in [2.05, 4.69) is 49.3 Å². The molecule has 1 aromatic heterocycles. The molecule has 1 amide bonds. The highest BCUT2D eigenvalue weighted by Crippen LogP contribution is 2.63. The number of pyridine rings is 1. The Morgan fingerprint density at radius 3 is 2.79 bits per heavy atom. The number of nitrogens with zero attached hydrogens (tertiary/aromatic N) is 1. The van der Waals surface area contributed by atoms with Crippen molar-refractivity contribution in [2.75, 3.05) is 0 Å². The SMILES string of the molecule is CCC(CC)NC(=O)c1ccc2c(c1)CC[C@@H]1[C@@H]2CC[C@]2(C)C(c3cncc(F)c3)=CC[C@@H]12. The normalized spacial score (nSPS) is 28.0. The van der Waals surface area contributed by atoms with Gasteiger partial charge in [-0.2, -0.15) is 0 Å².